The normalized spacial score (nSPS) is 9.00. The molecule has 0 aliphatic heterocycles. The van der Waals surface area contributed by atoms with Gasteiger partial charge in [0.2, 0.25) is 0 Å². The van der Waals surface area contributed by atoms with Gasteiger partial charge in [0, 0.05) is 6.54 Å². The molecule has 0 aromatic carbocycles. The third-order valence-electron chi connectivity index (χ3n) is 0.529. The summed E-state index contributed by atoms with van der Waals surface area (Å²) in [5, 5.41) is 12.5. The van der Waals surface area contributed by atoms with Crippen molar-refractivity contribution in [2.24, 2.45) is 0 Å². The van der Waals surface area contributed by atoms with E-state index in [-0.39, 0.29) is 6.61 Å². The van der Waals surface area contributed by atoms with Gasteiger partial charge < -0.3 is 5.32 Å². The van der Waals surface area contributed by atoms with Crippen molar-refractivity contribution in [2.75, 3.05) is 19.7 Å². The van der Waals surface area contributed by atoms with Crippen LogP contribution in [0.3, 0.4) is 0 Å². The van der Waals surface area contributed by atoms with Crippen molar-refractivity contribution in [1.82, 2.24) is 5.32 Å². The lowest BCUT2D eigenvalue weighted by molar-refractivity contribution is 0.195. The van der Waals surface area contributed by atoms with Crippen molar-refractivity contribution in [2.45, 2.75) is 6.92 Å². The molecule has 0 rings (SSSR count). The molecule has 0 aromatic rings. The van der Waals surface area contributed by atoms with Crippen LogP contribution in [0.2, 0.25) is 0 Å². The Morgan fingerprint density at radius 3 is 2.50 bits per heavy atom. The van der Waals surface area contributed by atoms with Gasteiger partial charge in [-0.2, -0.15) is 0 Å². The van der Waals surface area contributed by atoms with Crippen LogP contribution in [-0.2, 0) is 5.11 Å². The Morgan fingerprint density at radius 1 is 1.67 bits per heavy atom. The Hall–Kier alpha value is -0.0800. The Balaban J connectivity index is 2.34. The molecule has 0 heterocycles. The van der Waals surface area contributed by atoms with E-state index >= 15 is 0 Å². The second-order valence-electron chi connectivity index (χ2n) is 1.06. The average Bonchev–Trinajstić information content (AvgIpc) is 1.61. The molecule has 0 aliphatic rings. The molecule has 0 fully saturated rings. The molecule has 37 valence electrons. The van der Waals surface area contributed by atoms with Gasteiger partial charge in [0.25, 0.3) is 0 Å². The van der Waals surface area contributed by atoms with Crippen LogP contribution in [0.5, 0.6) is 0 Å². The van der Waals surface area contributed by atoms with Gasteiger partial charge in [0.05, 0.1) is 6.61 Å². The summed E-state index contributed by atoms with van der Waals surface area (Å²) in [4.78, 5) is 0. The SMILES string of the molecule is CCNCC[O]. The van der Waals surface area contributed by atoms with Gasteiger partial charge in [0.15, 0.2) is 0 Å². The molecule has 0 bridgehead atoms. The van der Waals surface area contributed by atoms with Crippen LogP contribution in [0, 0.1) is 0 Å². The summed E-state index contributed by atoms with van der Waals surface area (Å²) < 4.78 is 0. The van der Waals surface area contributed by atoms with E-state index in [9.17, 15) is 5.11 Å². The van der Waals surface area contributed by atoms with Gasteiger partial charge in [-0.3, -0.25) is 0 Å². The lowest BCUT2D eigenvalue weighted by Gasteiger charge is -1.89. The quantitative estimate of drug-likeness (QED) is 0.485. The van der Waals surface area contributed by atoms with E-state index in [1.807, 2.05) is 6.92 Å². The zero-order valence-electron chi connectivity index (χ0n) is 4.03. The fraction of sp³-hybridized carbons (Fsp3) is 1.00. The monoisotopic (exact) mass is 88.1 g/mol. The first kappa shape index (κ1) is 5.92. The van der Waals surface area contributed by atoms with Gasteiger partial charge in [-0.25, -0.2) is 5.11 Å². The van der Waals surface area contributed by atoms with E-state index in [1.165, 1.54) is 0 Å². The van der Waals surface area contributed by atoms with E-state index in [0.717, 1.165) is 6.54 Å². The summed E-state index contributed by atoms with van der Waals surface area (Å²) >= 11 is 0. The number of rotatable bonds is 3. The minimum absolute atomic E-state index is 0.00611. The zero-order valence-corrected chi connectivity index (χ0v) is 4.03. The first-order chi connectivity index (χ1) is 2.91. The highest BCUT2D eigenvalue weighted by atomic mass is 16.3. The van der Waals surface area contributed by atoms with E-state index in [1.54, 1.807) is 0 Å². The molecule has 6 heavy (non-hydrogen) atoms. The summed E-state index contributed by atoms with van der Waals surface area (Å²) in [6, 6.07) is 0. The van der Waals surface area contributed by atoms with Gasteiger partial charge in [0.1, 0.15) is 0 Å². The molecule has 2 nitrogen and oxygen atoms in total. The molecule has 0 unspecified atom stereocenters. The van der Waals surface area contributed by atoms with Crippen LogP contribution >= 0.6 is 0 Å². The maximum Gasteiger partial charge on any atom is 0.0946 e. The fourth-order valence-electron chi connectivity index (χ4n) is 0.249. The first-order valence-electron chi connectivity index (χ1n) is 2.20. The Kier molecular flexibility index (Phi) is 4.85. The largest absolute Gasteiger partial charge is 0.315 e. The van der Waals surface area contributed by atoms with Gasteiger partial charge >= 0.3 is 0 Å². The van der Waals surface area contributed by atoms with Gasteiger partial charge in [-0.15, -0.1) is 0 Å². The molecule has 0 aliphatic carbocycles. The predicted molar refractivity (Wildman–Crippen MR) is 24.1 cm³/mol. The van der Waals surface area contributed by atoms with Crippen LogP contribution in [0.15, 0.2) is 0 Å². The first-order valence-corrected chi connectivity index (χ1v) is 2.20. The molecule has 2 heteroatoms. The fourth-order valence-corrected chi connectivity index (χ4v) is 0.249. The summed E-state index contributed by atoms with van der Waals surface area (Å²) in [5.74, 6) is 0. The summed E-state index contributed by atoms with van der Waals surface area (Å²) in [7, 11) is 0. The summed E-state index contributed by atoms with van der Waals surface area (Å²) in [6.45, 7) is 3.49. The van der Waals surface area contributed by atoms with Crippen LogP contribution in [-0.4, -0.2) is 19.7 Å². The van der Waals surface area contributed by atoms with Crippen molar-refractivity contribution in [3.8, 4) is 0 Å². The van der Waals surface area contributed by atoms with E-state index in [2.05, 4.69) is 5.32 Å². The second-order valence-corrected chi connectivity index (χ2v) is 1.06. The number of nitrogens with one attached hydrogen (secondary N) is 1. The number of hydrogen-bond acceptors (Lipinski definition) is 1. The van der Waals surface area contributed by atoms with Crippen molar-refractivity contribution >= 4 is 0 Å². The lowest BCUT2D eigenvalue weighted by atomic mass is 10.6. The minimum atomic E-state index is -0.00611. The molecular formula is C4H10NO. The standard InChI is InChI=1S/C4H10NO/c1-2-5-3-4-6/h5H,2-4H2,1H3. The molecule has 0 aromatic heterocycles. The van der Waals surface area contributed by atoms with Crippen LogP contribution in [0.25, 0.3) is 0 Å². The molecule has 1 N–H and O–H groups in total. The van der Waals surface area contributed by atoms with E-state index < -0.39 is 0 Å². The minimum Gasteiger partial charge on any atom is -0.315 e. The van der Waals surface area contributed by atoms with Crippen molar-refractivity contribution in [3.05, 3.63) is 0 Å². The van der Waals surface area contributed by atoms with Crippen LogP contribution in [0.4, 0.5) is 0 Å². The van der Waals surface area contributed by atoms with Gasteiger partial charge in [-0.05, 0) is 6.54 Å². The highest BCUT2D eigenvalue weighted by Crippen LogP contribution is 1.52. The molecule has 0 amide bonds. The zero-order chi connectivity index (χ0) is 4.83. The summed E-state index contributed by atoms with van der Waals surface area (Å²) in [6.07, 6.45) is 0. The number of likely N-dealkylation sites (N-methyl/N-ethyl adjacent to an activating group) is 1. The molecule has 0 saturated carbocycles. The van der Waals surface area contributed by atoms with E-state index in [0.29, 0.717) is 6.54 Å². The van der Waals surface area contributed by atoms with Crippen molar-refractivity contribution < 1.29 is 5.11 Å². The second kappa shape index (κ2) is 4.92. The van der Waals surface area contributed by atoms with Crippen LogP contribution < -0.4 is 5.32 Å². The maximum absolute atomic E-state index is 9.63. The average molecular weight is 88.1 g/mol. The molecular weight excluding hydrogens is 78.0 g/mol. The Morgan fingerprint density at radius 2 is 2.33 bits per heavy atom. The number of hydrogen-bond donors (Lipinski definition) is 1. The van der Waals surface area contributed by atoms with Gasteiger partial charge in [-0.1, -0.05) is 6.92 Å². The van der Waals surface area contributed by atoms with Crippen LogP contribution in [0.1, 0.15) is 6.92 Å². The molecule has 0 saturated heterocycles. The molecule has 0 spiro atoms. The highest BCUT2D eigenvalue weighted by molar-refractivity contribution is 4.34. The Bertz CT molecular complexity index is 19.5. The van der Waals surface area contributed by atoms with Crippen molar-refractivity contribution in [1.29, 1.82) is 0 Å². The predicted octanol–water partition coefficient (Wildman–Crippen LogP) is 0.0264. The Labute approximate surface area is 38.2 Å². The molecule has 1 radical (unpaired) electrons. The highest BCUT2D eigenvalue weighted by Gasteiger charge is 1.74. The topological polar surface area (TPSA) is 31.9 Å². The van der Waals surface area contributed by atoms with Crippen molar-refractivity contribution in [3.63, 3.8) is 0 Å². The molecule has 0 atom stereocenters. The lowest BCUT2D eigenvalue weighted by Crippen LogP contribution is -2.16. The maximum atomic E-state index is 9.63. The smallest absolute Gasteiger partial charge is 0.0946 e. The third kappa shape index (κ3) is 3.92. The van der Waals surface area contributed by atoms with E-state index in [4.69, 9.17) is 0 Å². The summed E-state index contributed by atoms with van der Waals surface area (Å²) in [5.41, 5.74) is 0. The third-order valence-corrected chi connectivity index (χ3v) is 0.529.